The van der Waals surface area contributed by atoms with Crippen molar-refractivity contribution in [3.8, 4) is 0 Å². The molecular formula is C11H12ClNO3. The summed E-state index contributed by atoms with van der Waals surface area (Å²) in [6, 6.07) is 5.35. The van der Waals surface area contributed by atoms with Gasteiger partial charge in [0.05, 0.1) is 6.10 Å². The van der Waals surface area contributed by atoms with Crippen LogP contribution in [0.25, 0.3) is 0 Å². The second kappa shape index (κ2) is 4.31. The van der Waals surface area contributed by atoms with Gasteiger partial charge in [-0.2, -0.15) is 0 Å². The largest absolute Gasteiger partial charge is 0.439 e. The van der Waals surface area contributed by atoms with Gasteiger partial charge in [0.25, 0.3) is 0 Å². The molecule has 0 bridgehead atoms. The number of aliphatic hydroxyl groups excluding tert-OH is 1. The first-order valence-electron chi connectivity index (χ1n) is 5.00. The number of benzene rings is 1. The molecule has 0 fully saturated rings. The van der Waals surface area contributed by atoms with E-state index in [4.69, 9.17) is 22.1 Å². The van der Waals surface area contributed by atoms with Gasteiger partial charge in [0, 0.05) is 5.02 Å². The average Bonchev–Trinajstić information content (AvgIpc) is 2.22. The summed E-state index contributed by atoms with van der Waals surface area (Å²) in [4.78, 5) is 10.8. The number of hydrogen-bond acceptors (Lipinski definition) is 3. The zero-order valence-corrected chi connectivity index (χ0v) is 9.28. The van der Waals surface area contributed by atoms with Crippen LogP contribution >= 0.6 is 11.6 Å². The van der Waals surface area contributed by atoms with Crippen molar-refractivity contribution in [2.24, 2.45) is 5.73 Å². The molecule has 16 heavy (non-hydrogen) atoms. The van der Waals surface area contributed by atoms with Crippen LogP contribution in [-0.4, -0.2) is 17.3 Å². The monoisotopic (exact) mass is 241 g/mol. The summed E-state index contributed by atoms with van der Waals surface area (Å²) in [5.74, 6) is 0. The Morgan fingerprint density at radius 3 is 3.00 bits per heavy atom. The maximum absolute atomic E-state index is 10.8. The number of rotatable bonds is 1. The van der Waals surface area contributed by atoms with Crippen LogP contribution in [0.15, 0.2) is 18.2 Å². The topological polar surface area (TPSA) is 72.6 Å². The molecule has 4 nitrogen and oxygen atoms in total. The van der Waals surface area contributed by atoms with Gasteiger partial charge in [-0.25, -0.2) is 4.79 Å². The molecule has 0 aromatic heterocycles. The molecule has 1 amide bonds. The summed E-state index contributed by atoms with van der Waals surface area (Å²) in [5.41, 5.74) is 6.74. The minimum atomic E-state index is -0.892. The van der Waals surface area contributed by atoms with Crippen molar-refractivity contribution >= 4 is 17.7 Å². The summed E-state index contributed by atoms with van der Waals surface area (Å²) in [5, 5.41) is 10.3. The van der Waals surface area contributed by atoms with E-state index in [0.29, 0.717) is 11.4 Å². The molecule has 0 saturated heterocycles. The minimum Gasteiger partial charge on any atom is -0.439 e. The third-order valence-corrected chi connectivity index (χ3v) is 2.95. The van der Waals surface area contributed by atoms with Crippen LogP contribution in [0, 0.1) is 0 Å². The molecule has 5 heteroatoms. The predicted molar refractivity (Wildman–Crippen MR) is 59.2 cm³/mol. The third-order valence-electron chi connectivity index (χ3n) is 2.72. The van der Waals surface area contributed by atoms with Crippen LogP contribution in [-0.2, 0) is 11.2 Å². The Hall–Kier alpha value is -1.26. The lowest BCUT2D eigenvalue weighted by Crippen LogP contribution is -2.31. The van der Waals surface area contributed by atoms with E-state index >= 15 is 0 Å². The van der Waals surface area contributed by atoms with Gasteiger partial charge in [0.15, 0.2) is 6.10 Å². The molecular weight excluding hydrogens is 230 g/mol. The van der Waals surface area contributed by atoms with E-state index in [1.54, 1.807) is 12.1 Å². The van der Waals surface area contributed by atoms with Gasteiger partial charge in [0.2, 0.25) is 0 Å². The normalized spacial score (nSPS) is 23.6. The quantitative estimate of drug-likeness (QED) is 0.787. The van der Waals surface area contributed by atoms with E-state index < -0.39 is 18.3 Å². The number of amides is 1. The van der Waals surface area contributed by atoms with Crippen molar-refractivity contribution < 1.29 is 14.6 Å². The van der Waals surface area contributed by atoms with Crippen molar-refractivity contribution in [2.45, 2.75) is 25.0 Å². The van der Waals surface area contributed by atoms with Crippen molar-refractivity contribution in [2.75, 3.05) is 0 Å². The molecule has 86 valence electrons. The minimum absolute atomic E-state index is 0.547. The van der Waals surface area contributed by atoms with Crippen molar-refractivity contribution in [3.05, 3.63) is 34.3 Å². The van der Waals surface area contributed by atoms with Crippen LogP contribution < -0.4 is 5.73 Å². The fraction of sp³-hybridized carbons (Fsp3) is 0.364. The van der Waals surface area contributed by atoms with E-state index in [9.17, 15) is 9.90 Å². The van der Waals surface area contributed by atoms with E-state index in [-0.39, 0.29) is 0 Å². The first-order chi connectivity index (χ1) is 7.58. The highest BCUT2D eigenvalue weighted by molar-refractivity contribution is 6.30. The molecule has 0 unspecified atom stereocenters. The second-order valence-corrected chi connectivity index (χ2v) is 4.24. The van der Waals surface area contributed by atoms with E-state index in [1.807, 2.05) is 6.07 Å². The summed E-state index contributed by atoms with van der Waals surface area (Å²) >= 11 is 5.87. The molecule has 2 rings (SSSR count). The fourth-order valence-corrected chi connectivity index (χ4v) is 2.17. The highest BCUT2D eigenvalue weighted by atomic mass is 35.5. The number of aliphatic hydroxyl groups is 1. The summed E-state index contributed by atoms with van der Waals surface area (Å²) in [6.07, 6.45) is -1.03. The van der Waals surface area contributed by atoms with Gasteiger partial charge in [-0.3, -0.25) is 0 Å². The summed E-state index contributed by atoms with van der Waals surface area (Å²) in [6.45, 7) is 0. The smallest absolute Gasteiger partial charge is 0.405 e. The Morgan fingerprint density at radius 1 is 1.56 bits per heavy atom. The van der Waals surface area contributed by atoms with Gasteiger partial charge in [-0.15, -0.1) is 0 Å². The number of carbonyl (C=O) groups is 1. The number of primary amides is 1. The molecule has 1 aliphatic carbocycles. The predicted octanol–water partition coefficient (Wildman–Crippen LogP) is 1.78. The van der Waals surface area contributed by atoms with Gasteiger partial charge in [0.1, 0.15) is 0 Å². The van der Waals surface area contributed by atoms with Gasteiger partial charge >= 0.3 is 6.09 Å². The Balaban J connectivity index is 2.38. The first kappa shape index (κ1) is 11.2. The maximum atomic E-state index is 10.8. The zero-order valence-electron chi connectivity index (χ0n) is 8.52. The Morgan fingerprint density at radius 2 is 2.31 bits per heavy atom. The van der Waals surface area contributed by atoms with E-state index in [0.717, 1.165) is 17.5 Å². The molecule has 1 aromatic carbocycles. The number of carbonyl (C=O) groups excluding carboxylic acids is 1. The fourth-order valence-electron chi connectivity index (χ4n) is 1.99. The van der Waals surface area contributed by atoms with Crippen molar-refractivity contribution in [1.82, 2.24) is 0 Å². The number of hydrogen-bond donors (Lipinski definition) is 2. The van der Waals surface area contributed by atoms with Crippen molar-refractivity contribution in [3.63, 3.8) is 0 Å². The highest BCUT2D eigenvalue weighted by Crippen LogP contribution is 2.34. The number of ether oxygens (including phenoxy) is 1. The molecule has 1 aliphatic rings. The van der Waals surface area contributed by atoms with Crippen LogP contribution in [0.1, 0.15) is 23.7 Å². The lowest BCUT2D eigenvalue weighted by Gasteiger charge is -2.29. The number of fused-ring (bicyclic) bond motifs is 1. The summed E-state index contributed by atoms with van der Waals surface area (Å²) < 4.78 is 4.92. The van der Waals surface area contributed by atoms with Gasteiger partial charge in [-0.05, 0) is 36.1 Å². The molecule has 3 N–H and O–H groups in total. The van der Waals surface area contributed by atoms with Crippen molar-refractivity contribution in [1.29, 1.82) is 0 Å². The zero-order chi connectivity index (χ0) is 11.7. The third kappa shape index (κ3) is 2.13. The lowest BCUT2D eigenvalue weighted by atomic mass is 9.87. The first-order valence-corrected chi connectivity index (χ1v) is 5.38. The molecule has 2 atom stereocenters. The Labute approximate surface area is 98.0 Å². The number of aryl methyl sites for hydroxylation is 1. The molecule has 0 radical (unpaired) electrons. The number of nitrogens with two attached hydrogens (primary N) is 1. The van der Waals surface area contributed by atoms with Gasteiger partial charge in [-0.1, -0.05) is 17.7 Å². The SMILES string of the molecule is NC(=O)O[C@@H]1c2cc(Cl)ccc2CC[C@@H]1O. The highest BCUT2D eigenvalue weighted by Gasteiger charge is 2.30. The standard InChI is InChI=1S/C11H12ClNO3/c12-7-3-1-6-2-4-9(14)10(8(6)5-7)16-11(13)15/h1,3,5,9-10,14H,2,4H2,(H2,13,15)/t9-,10+/m0/s1. The molecule has 1 aromatic rings. The Bertz CT molecular complexity index is 422. The molecule has 0 aliphatic heterocycles. The van der Waals surface area contributed by atoms with Crippen LogP contribution in [0.4, 0.5) is 4.79 Å². The molecule has 0 heterocycles. The van der Waals surface area contributed by atoms with Crippen LogP contribution in [0.2, 0.25) is 5.02 Å². The summed E-state index contributed by atoms with van der Waals surface area (Å²) in [7, 11) is 0. The van der Waals surface area contributed by atoms with Crippen LogP contribution in [0.5, 0.6) is 0 Å². The molecule has 0 spiro atoms. The van der Waals surface area contributed by atoms with Gasteiger partial charge < -0.3 is 15.6 Å². The maximum Gasteiger partial charge on any atom is 0.405 e. The lowest BCUT2D eigenvalue weighted by molar-refractivity contribution is -0.00511. The van der Waals surface area contributed by atoms with Crippen LogP contribution in [0.3, 0.4) is 0 Å². The van der Waals surface area contributed by atoms with E-state index in [2.05, 4.69) is 0 Å². The second-order valence-electron chi connectivity index (χ2n) is 3.81. The average molecular weight is 242 g/mol. The number of halogens is 1. The molecule has 0 saturated carbocycles. The Kier molecular flexibility index (Phi) is 3.03. The van der Waals surface area contributed by atoms with E-state index in [1.165, 1.54) is 0 Å².